The lowest BCUT2D eigenvalue weighted by Crippen LogP contribution is -2.21. The van der Waals surface area contributed by atoms with Crippen LogP contribution in [0.25, 0.3) is 11.3 Å². The average molecular weight is 243 g/mol. The smallest absolute Gasteiger partial charge is 0.254 e. The van der Waals surface area contributed by atoms with E-state index in [9.17, 15) is 4.79 Å². The maximum absolute atomic E-state index is 11.9. The molecule has 0 radical (unpaired) electrons. The van der Waals surface area contributed by atoms with Crippen LogP contribution >= 0.6 is 0 Å². The van der Waals surface area contributed by atoms with Crippen LogP contribution in [0, 0.1) is 6.92 Å². The molecular formula is C14H17N3O. The molecule has 18 heavy (non-hydrogen) atoms. The third kappa shape index (κ3) is 2.33. The molecule has 2 rings (SSSR count). The first kappa shape index (κ1) is 12.5. The number of rotatable bonds is 3. The highest BCUT2D eigenvalue weighted by Crippen LogP contribution is 2.19. The van der Waals surface area contributed by atoms with Crippen LogP contribution in [0.1, 0.15) is 30.8 Å². The van der Waals surface area contributed by atoms with Crippen molar-refractivity contribution in [1.82, 2.24) is 9.97 Å². The Balaban J connectivity index is 2.60. The summed E-state index contributed by atoms with van der Waals surface area (Å²) in [4.78, 5) is 19.1. The van der Waals surface area contributed by atoms with E-state index in [-0.39, 0.29) is 11.6 Å². The number of hydrogen-bond donors (Lipinski definition) is 2. The Morgan fingerprint density at radius 3 is 2.61 bits per heavy atom. The Hall–Kier alpha value is -1.94. The minimum atomic E-state index is -0.235. The first-order chi connectivity index (χ1) is 8.63. The minimum Gasteiger partial charge on any atom is -0.321 e. The van der Waals surface area contributed by atoms with E-state index in [0.29, 0.717) is 17.1 Å². The number of benzene rings is 1. The fourth-order valence-corrected chi connectivity index (χ4v) is 1.80. The van der Waals surface area contributed by atoms with Crippen molar-refractivity contribution in [3.63, 3.8) is 0 Å². The number of aromatic nitrogens is 2. The van der Waals surface area contributed by atoms with Gasteiger partial charge in [0.05, 0.1) is 11.7 Å². The Bertz CT molecular complexity index is 590. The van der Waals surface area contributed by atoms with E-state index in [2.05, 4.69) is 9.97 Å². The van der Waals surface area contributed by atoms with Crippen LogP contribution in [0.4, 0.5) is 0 Å². The molecule has 0 saturated carbocycles. The van der Waals surface area contributed by atoms with Crippen LogP contribution in [0.15, 0.2) is 35.1 Å². The third-order valence-electron chi connectivity index (χ3n) is 3.01. The molecule has 94 valence electrons. The summed E-state index contributed by atoms with van der Waals surface area (Å²) in [6.07, 6.45) is 0.736. The van der Waals surface area contributed by atoms with Gasteiger partial charge in [-0.1, -0.05) is 37.3 Å². The van der Waals surface area contributed by atoms with Crippen molar-refractivity contribution in [2.24, 2.45) is 5.73 Å². The highest BCUT2D eigenvalue weighted by molar-refractivity contribution is 5.62. The number of H-pyrrole nitrogens is 1. The molecule has 0 bridgehead atoms. The summed E-state index contributed by atoms with van der Waals surface area (Å²) in [5.41, 5.74) is 8.07. The van der Waals surface area contributed by atoms with Crippen LogP contribution < -0.4 is 11.3 Å². The molecule has 1 unspecified atom stereocenters. The van der Waals surface area contributed by atoms with Crippen molar-refractivity contribution in [2.45, 2.75) is 26.3 Å². The topological polar surface area (TPSA) is 71.8 Å². The molecule has 1 atom stereocenters. The largest absolute Gasteiger partial charge is 0.321 e. The summed E-state index contributed by atoms with van der Waals surface area (Å²) in [5.74, 6) is 0.548. The van der Waals surface area contributed by atoms with Gasteiger partial charge in [-0.3, -0.25) is 4.79 Å². The lowest BCUT2D eigenvalue weighted by molar-refractivity contribution is 0.645. The molecule has 1 aromatic heterocycles. The summed E-state index contributed by atoms with van der Waals surface area (Å²) in [5, 5.41) is 0. The van der Waals surface area contributed by atoms with Crippen molar-refractivity contribution in [1.29, 1.82) is 0 Å². The van der Waals surface area contributed by atoms with Gasteiger partial charge in [0.15, 0.2) is 0 Å². The second-order valence-corrected chi connectivity index (χ2v) is 4.31. The highest BCUT2D eigenvalue weighted by atomic mass is 16.1. The van der Waals surface area contributed by atoms with Gasteiger partial charge in [0.2, 0.25) is 0 Å². The summed E-state index contributed by atoms with van der Waals surface area (Å²) >= 11 is 0. The van der Waals surface area contributed by atoms with Crippen molar-refractivity contribution < 1.29 is 0 Å². The number of hydrogen-bond acceptors (Lipinski definition) is 3. The van der Waals surface area contributed by atoms with E-state index < -0.39 is 0 Å². The maximum Gasteiger partial charge on any atom is 0.254 e. The number of aromatic amines is 1. The molecule has 2 aromatic rings. The minimum absolute atomic E-state index is 0.122. The van der Waals surface area contributed by atoms with Crippen molar-refractivity contribution >= 4 is 0 Å². The van der Waals surface area contributed by atoms with Crippen LogP contribution in [0.3, 0.4) is 0 Å². The summed E-state index contributed by atoms with van der Waals surface area (Å²) in [7, 11) is 0. The fourth-order valence-electron chi connectivity index (χ4n) is 1.80. The predicted octanol–water partition coefficient (Wildman–Crippen LogP) is 2.16. The molecule has 1 heterocycles. The predicted molar refractivity (Wildman–Crippen MR) is 72.3 cm³/mol. The van der Waals surface area contributed by atoms with Gasteiger partial charge >= 0.3 is 0 Å². The first-order valence-corrected chi connectivity index (χ1v) is 6.05. The third-order valence-corrected chi connectivity index (χ3v) is 3.01. The van der Waals surface area contributed by atoms with E-state index >= 15 is 0 Å². The standard InChI is InChI=1S/C14H17N3O/c1-3-11(15)13-16-12(9(2)14(18)17-13)10-7-5-4-6-8-10/h4-8,11H,3,15H2,1-2H3,(H,16,17,18). The Morgan fingerprint density at radius 2 is 2.00 bits per heavy atom. The van der Waals surface area contributed by atoms with Crippen molar-refractivity contribution in [2.75, 3.05) is 0 Å². The van der Waals surface area contributed by atoms with Crippen LogP contribution in [0.2, 0.25) is 0 Å². The maximum atomic E-state index is 11.9. The fraction of sp³-hybridized carbons (Fsp3) is 0.286. The van der Waals surface area contributed by atoms with Gasteiger partial charge in [-0.25, -0.2) is 4.98 Å². The van der Waals surface area contributed by atoms with Gasteiger partial charge in [-0.2, -0.15) is 0 Å². The van der Waals surface area contributed by atoms with E-state index in [1.54, 1.807) is 6.92 Å². The molecule has 0 aliphatic rings. The van der Waals surface area contributed by atoms with E-state index in [0.717, 1.165) is 12.0 Å². The molecule has 0 aliphatic heterocycles. The molecule has 4 nitrogen and oxygen atoms in total. The quantitative estimate of drug-likeness (QED) is 0.867. The van der Waals surface area contributed by atoms with Crippen molar-refractivity contribution in [3.8, 4) is 11.3 Å². The van der Waals surface area contributed by atoms with Gasteiger partial charge in [0.1, 0.15) is 5.82 Å². The van der Waals surface area contributed by atoms with Gasteiger partial charge in [0.25, 0.3) is 5.56 Å². The zero-order chi connectivity index (χ0) is 13.1. The van der Waals surface area contributed by atoms with Crippen LogP contribution in [-0.2, 0) is 0 Å². The molecule has 0 amide bonds. The summed E-state index contributed by atoms with van der Waals surface area (Å²) in [6.45, 7) is 3.74. The van der Waals surface area contributed by atoms with E-state index in [1.165, 1.54) is 0 Å². The van der Waals surface area contributed by atoms with Gasteiger partial charge in [-0.05, 0) is 13.3 Å². The zero-order valence-electron chi connectivity index (χ0n) is 10.6. The molecule has 3 N–H and O–H groups in total. The zero-order valence-corrected chi connectivity index (χ0v) is 10.6. The SMILES string of the molecule is CCC(N)c1nc(-c2ccccc2)c(C)c(=O)[nH]1. The average Bonchev–Trinajstić information content (AvgIpc) is 2.41. The van der Waals surface area contributed by atoms with Gasteiger partial charge in [0, 0.05) is 11.1 Å². The highest BCUT2D eigenvalue weighted by Gasteiger charge is 2.12. The first-order valence-electron chi connectivity index (χ1n) is 6.05. The number of nitrogens with two attached hydrogens (primary N) is 1. The lowest BCUT2D eigenvalue weighted by atomic mass is 10.1. The normalized spacial score (nSPS) is 12.4. The second-order valence-electron chi connectivity index (χ2n) is 4.31. The number of nitrogens with one attached hydrogen (secondary N) is 1. The molecule has 0 saturated heterocycles. The molecule has 0 spiro atoms. The van der Waals surface area contributed by atoms with E-state index in [1.807, 2.05) is 37.3 Å². The second kappa shape index (κ2) is 5.14. The van der Waals surface area contributed by atoms with Gasteiger partial charge in [-0.15, -0.1) is 0 Å². The molecule has 4 heteroatoms. The molecule has 0 fully saturated rings. The van der Waals surface area contributed by atoms with Crippen LogP contribution in [0.5, 0.6) is 0 Å². The number of nitrogens with zero attached hydrogens (tertiary/aromatic N) is 1. The monoisotopic (exact) mass is 243 g/mol. The molecule has 1 aromatic carbocycles. The summed E-state index contributed by atoms with van der Waals surface area (Å²) < 4.78 is 0. The Morgan fingerprint density at radius 1 is 1.33 bits per heavy atom. The molecular weight excluding hydrogens is 226 g/mol. The summed E-state index contributed by atoms with van der Waals surface area (Å²) in [6, 6.07) is 9.44. The molecule has 0 aliphatic carbocycles. The Kier molecular flexibility index (Phi) is 3.58. The van der Waals surface area contributed by atoms with E-state index in [4.69, 9.17) is 5.73 Å². The van der Waals surface area contributed by atoms with Crippen molar-refractivity contribution in [3.05, 3.63) is 52.1 Å². The van der Waals surface area contributed by atoms with Crippen LogP contribution in [-0.4, -0.2) is 9.97 Å². The Labute approximate surface area is 106 Å². The van der Waals surface area contributed by atoms with Gasteiger partial charge < -0.3 is 10.7 Å². The lowest BCUT2D eigenvalue weighted by Gasteiger charge is -2.11.